The number of alkyl halides is 3. The van der Waals surface area contributed by atoms with Crippen LogP contribution in [0.5, 0.6) is 0 Å². The van der Waals surface area contributed by atoms with Gasteiger partial charge in [-0.25, -0.2) is 4.79 Å². The van der Waals surface area contributed by atoms with E-state index in [1.807, 2.05) is 0 Å². The second-order valence-electron chi connectivity index (χ2n) is 3.74. The van der Waals surface area contributed by atoms with E-state index in [-0.39, 0.29) is 5.56 Å². The third-order valence-corrected chi connectivity index (χ3v) is 2.52. The topological polar surface area (TPSA) is 46.0 Å². The first-order valence-electron chi connectivity index (χ1n) is 5.31. The highest BCUT2D eigenvalue weighted by atomic mass is 19.4. The Balaban J connectivity index is 2.54. The van der Waals surface area contributed by atoms with Crippen LogP contribution in [0.3, 0.4) is 0 Å². The Bertz CT molecular complexity index is 610. The number of halogens is 3. The van der Waals surface area contributed by atoms with Crippen molar-refractivity contribution in [3.63, 3.8) is 0 Å². The first-order valence-corrected chi connectivity index (χ1v) is 5.31. The van der Waals surface area contributed by atoms with Gasteiger partial charge in [0.2, 0.25) is 0 Å². The summed E-state index contributed by atoms with van der Waals surface area (Å²) in [5.74, 6) is -0.321. The van der Waals surface area contributed by atoms with Crippen molar-refractivity contribution >= 4 is 0 Å². The van der Waals surface area contributed by atoms with Gasteiger partial charge in [0, 0.05) is 12.0 Å². The predicted molar refractivity (Wildman–Crippen MR) is 59.1 cm³/mol. The largest absolute Gasteiger partial charge is 0.416 e. The summed E-state index contributed by atoms with van der Waals surface area (Å²) in [5.41, 5.74) is -0.176. The van der Waals surface area contributed by atoms with Gasteiger partial charge in [-0.15, -0.1) is 0 Å². The van der Waals surface area contributed by atoms with Crippen LogP contribution in [0, 0.1) is 0 Å². The molecule has 0 atom stereocenters. The van der Waals surface area contributed by atoms with E-state index in [2.05, 4.69) is 4.98 Å². The molecule has 6 heteroatoms. The standard InChI is InChI=1S/C12H10F3NO2/c1-2-9-10(16-11(17)18-9)7-4-3-5-8(6-7)12(13,14)15/h3-6H,2H2,1H3,(H,16,17). The molecule has 0 unspecified atom stereocenters. The number of aromatic nitrogens is 1. The van der Waals surface area contributed by atoms with Crippen molar-refractivity contribution in [1.82, 2.24) is 4.98 Å². The highest BCUT2D eigenvalue weighted by Gasteiger charge is 2.30. The van der Waals surface area contributed by atoms with Gasteiger partial charge in [-0.3, -0.25) is 4.98 Å². The van der Waals surface area contributed by atoms with Gasteiger partial charge in [0.15, 0.2) is 0 Å². The zero-order valence-corrected chi connectivity index (χ0v) is 9.47. The van der Waals surface area contributed by atoms with E-state index in [4.69, 9.17) is 4.42 Å². The van der Waals surface area contributed by atoms with E-state index in [1.165, 1.54) is 12.1 Å². The van der Waals surface area contributed by atoms with Gasteiger partial charge in [-0.2, -0.15) is 13.2 Å². The Morgan fingerprint density at radius 2 is 2.06 bits per heavy atom. The number of benzene rings is 1. The average Bonchev–Trinajstić information content (AvgIpc) is 2.69. The summed E-state index contributed by atoms with van der Waals surface area (Å²) in [5, 5.41) is 0. The Kier molecular flexibility index (Phi) is 3.02. The molecule has 3 nitrogen and oxygen atoms in total. The Hall–Kier alpha value is -1.98. The highest BCUT2D eigenvalue weighted by molar-refractivity contribution is 5.62. The Labute approximate surface area is 100 Å². The molecule has 0 spiro atoms. The zero-order valence-electron chi connectivity index (χ0n) is 9.47. The maximum absolute atomic E-state index is 12.6. The van der Waals surface area contributed by atoms with Crippen molar-refractivity contribution in [3.8, 4) is 11.3 Å². The number of aromatic amines is 1. The van der Waals surface area contributed by atoms with E-state index in [0.717, 1.165) is 12.1 Å². The minimum Gasteiger partial charge on any atom is -0.412 e. The molecular formula is C12H10F3NO2. The first kappa shape index (κ1) is 12.5. The summed E-state index contributed by atoms with van der Waals surface area (Å²) in [7, 11) is 0. The number of hydrogen-bond acceptors (Lipinski definition) is 2. The molecule has 0 saturated heterocycles. The smallest absolute Gasteiger partial charge is 0.412 e. The predicted octanol–water partition coefficient (Wildman–Crippen LogP) is 3.22. The third-order valence-electron chi connectivity index (χ3n) is 2.52. The van der Waals surface area contributed by atoms with Crippen LogP contribution in [-0.4, -0.2) is 4.98 Å². The molecule has 0 aliphatic rings. The number of rotatable bonds is 2. The van der Waals surface area contributed by atoms with Crippen molar-refractivity contribution in [2.75, 3.05) is 0 Å². The SMILES string of the molecule is CCc1oc(=O)[nH]c1-c1cccc(C(F)(F)F)c1. The van der Waals surface area contributed by atoms with Crippen molar-refractivity contribution in [2.24, 2.45) is 0 Å². The second-order valence-corrected chi connectivity index (χ2v) is 3.74. The molecule has 1 aromatic carbocycles. The molecule has 1 aromatic heterocycles. The molecule has 0 aliphatic heterocycles. The van der Waals surface area contributed by atoms with Crippen LogP contribution in [0.2, 0.25) is 0 Å². The monoisotopic (exact) mass is 257 g/mol. The van der Waals surface area contributed by atoms with Gasteiger partial charge >= 0.3 is 11.9 Å². The summed E-state index contributed by atoms with van der Waals surface area (Å²) in [6.45, 7) is 1.75. The van der Waals surface area contributed by atoms with Gasteiger partial charge < -0.3 is 4.42 Å². The minimum atomic E-state index is -4.41. The fourth-order valence-electron chi connectivity index (χ4n) is 1.69. The maximum Gasteiger partial charge on any atom is 0.416 e. The summed E-state index contributed by atoms with van der Waals surface area (Å²) in [4.78, 5) is 13.5. The van der Waals surface area contributed by atoms with Gasteiger partial charge in [0.1, 0.15) is 5.76 Å². The lowest BCUT2D eigenvalue weighted by atomic mass is 10.1. The quantitative estimate of drug-likeness (QED) is 0.897. The van der Waals surface area contributed by atoms with Crippen LogP contribution in [-0.2, 0) is 12.6 Å². The number of aryl methyl sites for hydroxylation is 1. The Morgan fingerprint density at radius 3 is 2.67 bits per heavy atom. The lowest BCUT2D eigenvalue weighted by Crippen LogP contribution is -2.04. The van der Waals surface area contributed by atoms with Crippen molar-refractivity contribution < 1.29 is 17.6 Å². The lowest BCUT2D eigenvalue weighted by Gasteiger charge is -2.08. The van der Waals surface area contributed by atoms with Crippen LogP contribution >= 0.6 is 0 Å². The fourth-order valence-corrected chi connectivity index (χ4v) is 1.69. The normalized spacial score (nSPS) is 11.8. The molecule has 0 saturated carbocycles. The molecule has 2 rings (SSSR count). The van der Waals surface area contributed by atoms with E-state index >= 15 is 0 Å². The molecule has 1 heterocycles. The number of H-pyrrole nitrogens is 1. The van der Waals surface area contributed by atoms with E-state index in [1.54, 1.807) is 6.92 Å². The van der Waals surface area contributed by atoms with Crippen LogP contribution in [0.4, 0.5) is 13.2 Å². The lowest BCUT2D eigenvalue weighted by molar-refractivity contribution is -0.137. The minimum absolute atomic E-state index is 0.285. The van der Waals surface area contributed by atoms with Crippen molar-refractivity contribution in [3.05, 3.63) is 46.1 Å². The second kappa shape index (κ2) is 4.36. The third kappa shape index (κ3) is 2.32. The maximum atomic E-state index is 12.6. The first-order chi connectivity index (χ1) is 8.41. The highest BCUT2D eigenvalue weighted by Crippen LogP contribution is 2.32. The van der Waals surface area contributed by atoms with Gasteiger partial charge in [-0.05, 0) is 12.1 Å². The molecule has 96 valence electrons. The molecule has 2 aromatic rings. The van der Waals surface area contributed by atoms with Gasteiger partial charge in [0.25, 0.3) is 0 Å². The summed E-state index contributed by atoms with van der Waals surface area (Å²) >= 11 is 0. The van der Waals surface area contributed by atoms with Crippen molar-refractivity contribution in [1.29, 1.82) is 0 Å². The summed E-state index contributed by atoms with van der Waals surface area (Å²) < 4.78 is 42.6. The van der Waals surface area contributed by atoms with E-state index in [0.29, 0.717) is 17.9 Å². The fraction of sp³-hybridized carbons (Fsp3) is 0.250. The van der Waals surface area contributed by atoms with Crippen molar-refractivity contribution in [2.45, 2.75) is 19.5 Å². The van der Waals surface area contributed by atoms with Crippen LogP contribution < -0.4 is 5.76 Å². The molecule has 0 radical (unpaired) electrons. The molecule has 0 amide bonds. The van der Waals surface area contributed by atoms with Gasteiger partial charge in [-0.1, -0.05) is 19.1 Å². The number of hydrogen-bond donors (Lipinski definition) is 1. The van der Waals surface area contributed by atoms with Crippen LogP contribution in [0.15, 0.2) is 33.5 Å². The number of nitrogens with one attached hydrogen (secondary N) is 1. The Morgan fingerprint density at radius 1 is 1.33 bits per heavy atom. The summed E-state index contributed by atoms with van der Waals surface area (Å²) in [6, 6.07) is 4.76. The molecule has 0 bridgehead atoms. The zero-order chi connectivity index (χ0) is 13.3. The van der Waals surface area contributed by atoms with Crippen LogP contribution in [0.25, 0.3) is 11.3 Å². The average molecular weight is 257 g/mol. The molecule has 0 aliphatic carbocycles. The van der Waals surface area contributed by atoms with Gasteiger partial charge in [0.05, 0.1) is 11.3 Å². The molecule has 18 heavy (non-hydrogen) atoms. The summed E-state index contributed by atoms with van der Waals surface area (Å²) in [6.07, 6.45) is -3.99. The molecule has 0 fully saturated rings. The van der Waals surface area contributed by atoms with E-state index < -0.39 is 17.5 Å². The van der Waals surface area contributed by atoms with Crippen LogP contribution in [0.1, 0.15) is 18.2 Å². The van der Waals surface area contributed by atoms with E-state index in [9.17, 15) is 18.0 Å². The molecule has 1 N–H and O–H groups in total. The molecular weight excluding hydrogens is 247 g/mol. The number of oxazole rings is 1.